The Hall–Kier alpha value is -5.03. The van der Waals surface area contributed by atoms with Crippen LogP contribution in [0, 0.1) is 17.8 Å². The zero-order chi connectivity index (χ0) is 39.8. The van der Waals surface area contributed by atoms with E-state index < -0.39 is 5.97 Å². The van der Waals surface area contributed by atoms with Crippen molar-refractivity contribution in [3.63, 3.8) is 0 Å². The van der Waals surface area contributed by atoms with Crippen molar-refractivity contribution in [1.82, 2.24) is 4.98 Å². The van der Waals surface area contributed by atoms with E-state index in [2.05, 4.69) is 41.1 Å². The SMILES string of the molecule is C=CC(=O)OCCCCCCOc1ccc(OC(=O)C2CCC(C(=O)Oc3ccc(C4CCC(CCC)CC4)cc3/C=N/Nc3nc4ccccc4s3)CC2)cc1. The molecule has 0 saturated heterocycles. The molecule has 57 heavy (non-hydrogen) atoms. The quantitative estimate of drug-likeness (QED) is 0.0247. The number of para-hydroxylation sites is 1. The number of carbonyl (C=O) groups is 3. The number of hydrogen-bond donors (Lipinski definition) is 1. The number of nitrogens with zero attached hydrogens (tertiary/aromatic N) is 2. The summed E-state index contributed by atoms with van der Waals surface area (Å²) >= 11 is 1.53. The molecule has 2 aliphatic carbocycles. The molecule has 0 radical (unpaired) electrons. The molecule has 0 amide bonds. The molecule has 4 aromatic rings. The first kappa shape index (κ1) is 41.6. The average Bonchev–Trinajstić information content (AvgIpc) is 3.66. The Labute approximate surface area is 340 Å². The Bertz CT molecular complexity index is 1930. The number of benzene rings is 3. The van der Waals surface area contributed by atoms with Crippen molar-refractivity contribution in [2.24, 2.45) is 22.9 Å². The molecule has 10 nitrogen and oxygen atoms in total. The molecule has 1 N–H and O–H groups in total. The van der Waals surface area contributed by atoms with Gasteiger partial charge >= 0.3 is 17.9 Å². The number of nitrogens with one attached hydrogen (secondary N) is 1. The topological polar surface area (TPSA) is 125 Å². The minimum Gasteiger partial charge on any atom is -0.494 e. The number of fused-ring (bicyclic) bond motifs is 1. The molecule has 3 aromatic carbocycles. The summed E-state index contributed by atoms with van der Waals surface area (Å²) < 4.78 is 23.7. The van der Waals surface area contributed by atoms with Crippen LogP contribution in [0.15, 0.2) is 84.5 Å². The lowest BCUT2D eigenvalue weighted by molar-refractivity contribution is -0.145. The summed E-state index contributed by atoms with van der Waals surface area (Å²) in [5.41, 5.74) is 5.99. The largest absolute Gasteiger partial charge is 0.494 e. The number of carbonyl (C=O) groups excluding carboxylic acids is 3. The van der Waals surface area contributed by atoms with E-state index in [0.29, 0.717) is 67.2 Å². The number of unbranched alkanes of at least 4 members (excludes halogenated alkanes) is 3. The lowest BCUT2D eigenvalue weighted by Crippen LogP contribution is -2.30. The van der Waals surface area contributed by atoms with Crippen molar-refractivity contribution in [2.75, 3.05) is 18.6 Å². The Balaban J connectivity index is 0.975. The fraction of sp³-hybridized carbons (Fsp3) is 0.457. The zero-order valence-corrected chi connectivity index (χ0v) is 33.8. The normalized spacial score (nSPS) is 19.5. The van der Waals surface area contributed by atoms with Crippen molar-refractivity contribution in [1.29, 1.82) is 0 Å². The number of hydrogen-bond acceptors (Lipinski definition) is 11. The molecule has 302 valence electrons. The summed E-state index contributed by atoms with van der Waals surface area (Å²) in [5, 5.41) is 5.22. The van der Waals surface area contributed by atoms with Crippen LogP contribution < -0.4 is 19.6 Å². The molecule has 2 saturated carbocycles. The second-order valence-corrected chi connectivity index (χ2v) is 16.2. The van der Waals surface area contributed by atoms with Gasteiger partial charge in [0.15, 0.2) is 0 Å². The molecule has 0 bridgehead atoms. The number of esters is 3. The smallest absolute Gasteiger partial charge is 0.330 e. The van der Waals surface area contributed by atoms with Crippen molar-refractivity contribution in [2.45, 2.75) is 103 Å². The van der Waals surface area contributed by atoms with Crippen molar-refractivity contribution >= 4 is 50.8 Å². The zero-order valence-electron chi connectivity index (χ0n) is 33.0. The van der Waals surface area contributed by atoms with Gasteiger partial charge in [-0.3, -0.25) is 15.0 Å². The van der Waals surface area contributed by atoms with Crippen molar-refractivity contribution in [3.8, 4) is 17.2 Å². The van der Waals surface area contributed by atoms with Crippen LogP contribution >= 0.6 is 11.3 Å². The molecule has 0 atom stereocenters. The molecule has 11 heteroatoms. The maximum absolute atomic E-state index is 13.5. The first-order chi connectivity index (χ1) is 27.9. The molecular weight excluding hydrogens is 739 g/mol. The highest BCUT2D eigenvalue weighted by Gasteiger charge is 2.33. The molecule has 0 aliphatic heterocycles. The van der Waals surface area contributed by atoms with Crippen LogP contribution in [0.3, 0.4) is 0 Å². The van der Waals surface area contributed by atoms with Gasteiger partial charge in [0.05, 0.1) is 41.5 Å². The average molecular weight is 794 g/mol. The van der Waals surface area contributed by atoms with Crippen molar-refractivity contribution < 1.29 is 33.3 Å². The summed E-state index contributed by atoms with van der Waals surface area (Å²) in [6.45, 7) is 6.62. The first-order valence-electron chi connectivity index (χ1n) is 20.6. The van der Waals surface area contributed by atoms with E-state index in [1.807, 2.05) is 30.3 Å². The summed E-state index contributed by atoms with van der Waals surface area (Å²) in [6, 6.07) is 21.2. The van der Waals surface area contributed by atoms with Gasteiger partial charge in [0.25, 0.3) is 0 Å². The third-order valence-electron chi connectivity index (χ3n) is 11.1. The molecule has 0 spiro atoms. The Morgan fingerprint density at radius 2 is 1.51 bits per heavy atom. The van der Waals surface area contributed by atoms with Crippen LogP contribution in [0.1, 0.15) is 114 Å². The molecule has 0 unspecified atom stereocenters. The maximum atomic E-state index is 13.5. The maximum Gasteiger partial charge on any atom is 0.330 e. The van der Waals surface area contributed by atoms with Gasteiger partial charge in [-0.25, -0.2) is 9.78 Å². The summed E-state index contributed by atoms with van der Waals surface area (Å²) in [7, 11) is 0. The molecule has 1 aromatic heterocycles. The fourth-order valence-electron chi connectivity index (χ4n) is 7.82. The fourth-order valence-corrected chi connectivity index (χ4v) is 8.64. The van der Waals surface area contributed by atoms with E-state index in [0.717, 1.165) is 60.2 Å². The highest BCUT2D eigenvalue weighted by atomic mass is 32.1. The van der Waals surface area contributed by atoms with Crippen LogP contribution in [0.2, 0.25) is 0 Å². The second-order valence-electron chi connectivity index (χ2n) is 15.2. The van der Waals surface area contributed by atoms with Crippen LogP contribution in [0.4, 0.5) is 5.13 Å². The Morgan fingerprint density at radius 3 is 2.21 bits per heavy atom. The second kappa shape index (κ2) is 21.5. The first-order valence-corrected chi connectivity index (χ1v) is 21.4. The van der Waals surface area contributed by atoms with Gasteiger partial charge in [0.1, 0.15) is 17.2 Å². The van der Waals surface area contributed by atoms with Crippen LogP contribution in [0.25, 0.3) is 10.2 Å². The number of aromatic nitrogens is 1. The number of anilines is 1. The number of ether oxygens (including phenoxy) is 4. The molecule has 6 rings (SSSR count). The highest BCUT2D eigenvalue weighted by Crippen LogP contribution is 2.39. The lowest BCUT2D eigenvalue weighted by Gasteiger charge is -2.29. The van der Waals surface area contributed by atoms with Gasteiger partial charge in [-0.1, -0.05) is 55.9 Å². The number of hydrazone groups is 1. The summed E-state index contributed by atoms with van der Waals surface area (Å²) in [5.74, 6) is 1.39. The van der Waals surface area contributed by atoms with E-state index in [-0.39, 0.29) is 23.8 Å². The monoisotopic (exact) mass is 793 g/mol. The minimum atomic E-state index is -0.392. The number of rotatable bonds is 19. The van der Waals surface area contributed by atoms with Gasteiger partial charge < -0.3 is 18.9 Å². The van der Waals surface area contributed by atoms with Crippen LogP contribution in [0.5, 0.6) is 17.2 Å². The summed E-state index contributed by atoms with van der Waals surface area (Å²) in [6.07, 6.45) is 16.1. The minimum absolute atomic E-state index is 0.284. The standard InChI is InChI=1S/C46H55N3O7S/c1-3-11-32-14-16-33(17-15-32)36-22-27-41(37(30-36)31-47-49-46-48-40-12-7-8-13-42(40)57-46)56-45(52)35-20-18-34(19-21-35)44(51)55-39-25-23-38(24-26-39)53-28-9-5-6-10-29-54-43(50)4-2/h4,7-8,12-13,22-27,30-35H,2-3,5-6,9-11,14-21,28-29H2,1H3,(H,48,49)/b47-31+. The lowest BCUT2D eigenvalue weighted by atomic mass is 9.77. The van der Waals surface area contributed by atoms with E-state index in [4.69, 9.17) is 18.9 Å². The molecular formula is C46H55N3O7S. The third kappa shape index (κ3) is 12.5. The van der Waals surface area contributed by atoms with Gasteiger partial charge in [-0.2, -0.15) is 5.10 Å². The highest BCUT2D eigenvalue weighted by molar-refractivity contribution is 7.22. The van der Waals surface area contributed by atoms with Crippen LogP contribution in [-0.2, 0) is 19.1 Å². The van der Waals surface area contributed by atoms with Gasteiger partial charge in [-0.15, -0.1) is 0 Å². The van der Waals surface area contributed by atoms with E-state index in [9.17, 15) is 14.4 Å². The third-order valence-corrected chi connectivity index (χ3v) is 12.0. The van der Waals surface area contributed by atoms with Gasteiger partial charge in [0, 0.05) is 11.6 Å². The van der Waals surface area contributed by atoms with Crippen molar-refractivity contribution in [3.05, 3.63) is 90.5 Å². The molecule has 1 heterocycles. The van der Waals surface area contributed by atoms with Gasteiger partial charge in [0.2, 0.25) is 5.13 Å². The van der Waals surface area contributed by atoms with Crippen LogP contribution in [-0.4, -0.2) is 42.3 Å². The number of thiazole rings is 1. The summed E-state index contributed by atoms with van der Waals surface area (Å²) in [4.78, 5) is 42.3. The predicted octanol–water partition coefficient (Wildman–Crippen LogP) is 10.8. The van der Waals surface area contributed by atoms with E-state index in [1.54, 1.807) is 30.5 Å². The van der Waals surface area contributed by atoms with E-state index in [1.165, 1.54) is 48.7 Å². The molecule has 2 aliphatic rings. The predicted molar refractivity (Wildman–Crippen MR) is 225 cm³/mol. The van der Waals surface area contributed by atoms with E-state index >= 15 is 0 Å². The molecule has 2 fully saturated rings. The van der Waals surface area contributed by atoms with Gasteiger partial charge in [-0.05, 0) is 143 Å². The Kier molecular flexibility index (Phi) is 15.7. The Morgan fingerprint density at radius 1 is 0.825 bits per heavy atom.